The van der Waals surface area contributed by atoms with E-state index in [4.69, 9.17) is 0 Å². The maximum Gasteiger partial charge on any atom is 0.293 e. The summed E-state index contributed by atoms with van der Waals surface area (Å²) in [6.07, 6.45) is 0. The molecular weight excluding hydrogens is 370 g/mol. The van der Waals surface area contributed by atoms with Crippen LogP contribution in [0.25, 0.3) is 0 Å². The third-order valence-electron chi connectivity index (χ3n) is 5.13. The van der Waals surface area contributed by atoms with Crippen molar-refractivity contribution in [1.82, 2.24) is 9.80 Å². The number of hydrogen-bond acceptors (Lipinski definition) is 6. The van der Waals surface area contributed by atoms with Crippen molar-refractivity contribution >= 4 is 23.0 Å². The van der Waals surface area contributed by atoms with Gasteiger partial charge in [-0.05, 0) is 36.9 Å². The number of nitrogens with zero attached hydrogens (tertiary/aromatic N) is 4. The lowest BCUT2D eigenvalue weighted by Crippen LogP contribution is -2.43. The van der Waals surface area contributed by atoms with Crippen molar-refractivity contribution in [1.29, 1.82) is 0 Å². The molecule has 29 heavy (non-hydrogen) atoms. The van der Waals surface area contributed by atoms with E-state index in [0.29, 0.717) is 11.4 Å². The molecule has 0 saturated carbocycles. The van der Waals surface area contributed by atoms with Gasteiger partial charge in [0.1, 0.15) is 5.69 Å². The standard InChI is InChI=1S/C21H27N5O3/c1-23(2)19-9-6-17(14-20(19)26(28)29)21(27)22-18-7-4-16(5-8-18)15-25-12-10-24(3)11-13-25/h4-9,14H,10-13,15H2,1-3H3,(H,22,27). The van der Waals surface area contributed by atoms with E-state index in [1.54, 1.807) is 31.1 Å². The van der Waals surface area contributed by atoms with Gasteiger partial charge in [0, 0.05) is 64.1 Å². The molecule has 0 aromatic heterocycles. The molecule has 1 amide bonds. The van der Waals surface area contributed by atoms with E-state index in [1.165, 1.54) is 11.6 Å². The highest BCUT2D eigenvalue weighted by molar-refractivity contribution is 6.05. The molecule has 1 saturated heterocycles. The largest absolute Gasteiger partial charge is 0.372 e. The van der Waals surface area contributed by atoms with Gasteiger partial charge >= 0.3 is 0 Å². The molecule has 1 heterocycles. The average Bonchev–Trinajstić information content (AvgIpc) is 2.70. The van der Waals surface area contributed by atoms with Crippen LogP contribution in [0.4, 0.5) is 17.1 Å². The van der Waals surface area contributed by atoms with Gasteiger partial charge in [0.05, 0.1) is 4.92 Å². The SMILES string of the molecule is CN1CCN(Cc2ccc(NC(=O)c3ccc(N(C)C)c([N+](=O)[O-])c3)cc2)CC1. The third kappa shape index (κ3) is 5.30. The number of nitro groups is 1. The number of likely N-dealkylation sites (N-methyl/N-ethyl adjacent to an activating group) is 1. The fourth-order valence-electron chi connectivity index (χ4n) is 3.35. The van der Waals surface area contributed by atoms with Crippen molar-refractivity contribution in [3.05, 3.63) is 63.7 Å². The highest BCUT2D eigenvalue weighted by Crippen LogP contribution is 2.28. The van der Waals surface area contributed by atoms with Gasteiger partial charge in [0.15, 0.2) is 0 Å². The Labute approximate surface area is 170 Å². The summed E-state index contributed by atoms with van der Waals surface area (Å²) in [4.78, 5) is 29.8. The van der Waals surface area contributed by atoms with Crippen LogP contribution in [0.2, 0.25) is 0 Å². The molecule has 1 fully saturated rings. The summed E-state index contributed by atoms with van der Waals surface area (Å²) < 4.78 is 0. The van der Waals surface area contributed by atoms with Crippen molar-refractivity contribution in [2.45, 2.75) is 6.54 Å². The second-order valence-corrected chi connectivity index (χ2v) is 7.59. The number of rotatable bonds is 6. The monoisotopic (exact) mass is 397 g/mol. The number of benzene rings is 2. The molecule has 3 rings (SSSR count). The quantitative estimate of drug-likeness (QED) is 0.596. The van der Waals surface area contributed by atoms with Gasteiger partial charge in [0.25, 0.3) is 11.6 Å². The topological polar surface area (TPSA) is 82.0 Å². The Balaban J connectivity index is 1.65. The lowest BCUT2D eigenvalue weighted by Gasteiger charge is -2.32. The second-order valence-electron chi connectivity index (χ2n) is 7.59. The molecule has 0 bridgehead atoms. The zero-order valence-electron chi connectivity index (χ0n) is 17.1. The Hall–Kier alpha value is -2.97. The molecule has 0 atom stereocenters. The zero-order valence-corrected chi connectivity index (χ0v) is 17.1. The summed E-state index contributed by atoms with van der Waals surface area (Å²) >= 11 is 0. The molecule has 1 aliphatic heterocycles. The van der Waals surface area contributed by atoms with Crippen LogP contribution in [0, 0.1) is 10.1 Å². The lowest BCUT2D eigenvalue weighted by atomic mass is 10.1. The second kappa shape index (κ2) is 9.02. The van der Waals surface area contributed by atoms with E-state index in [0.717, 1.165) is 32.7 Å². The molecule has 0 aliphatic carbocycles. The van der Waals surface area contributed by atoms with Crippen LogP contribution in [0.3, 0.4) is 0 Å². The highest BCUT2D eigenvalue weighted by atomic mass is 16.6. The van der Waals surface area contributed by atoms with Crippen molar-refractivity contribution in [3.8, 4) is 0 Å². The Morgan fingerprint density at radius 2 is 1.76 bits per heavy atom. The maximum absolute atomic E-state index is 12.5. The van der Waals surface area contributed by atoms with Crippen molar-refractivity contribution in [2.75, 3.05) is 57.5 Å². The highest BCUT2D eigenvalue weighted by Gasteiger charge is 2.19. The summed E-state index contributed by atoms with van der Waals surface area (Å²) in [5, 5.41) is 14.1. The fourth-order valence-corrected chi connectivity index (χ4v) is 3.35. The molecule has 8 heteroatoms. The first-order chi connectivity index (χ1) is 13.8. The van der Waals surface area contributed by atoms with Gasteiger partial charge in [-0.3, -0.25) is 19.8 Å². The minimum atomic E-state index is -0.473. The minimum absolute atomic E-state index is 0.0924. The van der Waals surface area contributed by atoms with Crippen LogP contribution in [-0.4, -0.2) is 68.0 Å². The Kier molecular flexibility index (Phi) is 6.46. The molecule has 1 aliphatic rings. The summed E-state index contributed by atoms with van der Waals surface area (Å²) in [7, 11) is 5.59. The number of piperazine rings is 1. The zero-order chi connectivity index (χ0) is 21.0. The van der Waals surface area contributed by atoms with Crippen LogP contribution >= 0.6 is 0 Å². The van der Waals surface area contributed by atoms with Gasteiger partial charge in [-0.1, -0.05) is 12.1 Å². The van der Waals surface area contributed by atoms with Crippen molar-refractivity contribution in [3.63, 3.8) is 0 Å². The maximum atomic E-state index is 12.5. The lowest BCUT2D eigenvalue weighted by molar-refractivity contribution is -0.384. The van der Waals surface area contributed by atoms with E-state index in [-0.39, 0.29) is 17.2 Å². The van der Waals surface area contributed by atoms with E-state index in [2.05, 4.69) is 22.2 Å². The normalized spacial score (nSPS) is 15.1. The summed E-state index contributed by atoms with van der Waals surface area (Å²) in [5.41, 5.74) is 2.48. The van der Waals surface area contributed by atoms with Crippen LogP contribution in [0.1, 0.15) is 15.9 Å². The van der Waals surface area contributed by atoms with Crippen LogP contribution < -0.4 is 10.2 Å². The van der Waals surface area contributed by atoms with Crippen molar-refractivity contribution in [2.24, 2.45) is 0 Å². The first-order valence-electron chi connectivity index (χ1n) is 9.60. The number of amides is 1. The number of carbonyl (C=O) groups excluding carboxylic acids is 1. The van der Waals surface area contributed by atoms with Crippen LogP contribution in [0.15, 0.2) is 42.5 Å². The predicted molar refractivity (Wildman–Crippen MR) is 115 cm³/mol. The molecule has 1 N–H and O–H groups in total. The Bertz CT molecular complexity index is 874. The van der Waals surface area contributed by atoms with Gasteiger partial charge < -0.3 is 15.1 Å². The van der Waals surface area contributed by atoms with Gasteiger partial charge in [-0.15, -0.1) is 0 Å². The molecular formula is C21H27N5O3. The summed E-state index contributed by atoms with van der Waals surface area (Å²) in [5.74, 6) is -0.370. The molecule has 2 aromatic carbocycles. The predicted octanol–water partition coefficient (Wildman–Crippen LogP) is 2.66. The number of carbonyl (C=O) groups is 1. The number of nitrogens with one attached hydrogen (secondary N) is 1. The van der Waals surface area contributed by atoms with Crippen molar-refractivity contribution < 1.29 is 9.72 Å². The molecule has 154 valence electrons. The molecule has 0 radical (unpaired) electrons. The Morgan fingerprint density at radius 3 is 2.34 bits per heavy atom. The number of anilines is 2. The van der Waals surface area contributed by atoms with E-state index in [1.807, 2.05) is 24.3 Å². The molecule has 8 nitrogen and oxygen atoms in total. The third-order valence-corrected chi connectivity index (χ3v) is 5.13. The molecule has 0 spiro atoms. The summed E-state index contributed by atoms with van der Waals surface area (Å²) in [6.45, 7) is 5.15. The number of hydrogen-bond donors (Lipinski definition) is 1. The smallest absolute Gasteiger partial charge is 0.293 e. The van der Waals surface area contributed by atoms with Gasteiger partial charge in [-0.2, -0.15) is 0 Å². The van der Waals surface area contributed by atoms with Crippen LogP contribution in [-0.2, 0) is 6.54 Å². The summed E-state index contributed by atoms with van der Waals surface area (Å²) in [6, 6.07) is 12.2. The first kappa shape index (κ1) is 20.8. The van der Waals surface area contributed by atoms with E-state index in [9.17, 15) is 14.9 Å². The van der Waals surface area contributed by atoms with Crippen LogP contribution in [0.5, 0.6) is 0 Å². The Morgan fingerprint density at radius 1 is 1.10 bits per heavy atom. The number of nitro benzene ring substituents is 1. The van der Waals surface area contributed by atoms with Gasteiger partial charge in [-0.25, -0.2) is 0 Å². The molecule has 2 aromatic rings. The minimum Gasteiger partial charge on any atom is -0.372 e. The van der Waals surface area contributed by atoms with E-state index >= 15 is 0 Å². The first-order valence-corrected chi connectivity index (χ1v) is 9.60. The van der Waals surface area contributed by atoms with E-state index < -0.39 is 4.92 Å². The van der Waals surface area contributed by atoms with Gasteiger partial charge in [0.2, 0.25) is 0 Å². The fraction of sp³-hybridized carbons (Fsp3) is 0.381. The molecule has 0 unspecified atom stereocenters. The average molecular weight is 397 g/mol.